The summed E-state index contributed by atoms with van der Waals surface area (Å²) in [5, 5.41) is 0. The number of rotatable bonds is 10. The Morgan fingerprint density at radius 1 is 1.12 bits per heavy atom. The fourth-order valence-electron chi connectivity index (χ4n) is 2.56. The molecule has 1 aromatic rings. The Morgan fingerprint density at radius 2 is 1.75 bits per heavy atom. The van der Waals surface area contributed by atoms with E-state index in [4.69, 9.17) is 4.74 Å². The van der Waals surface area contributed by atoms with Gasteiger partial charge in [0.1, 0.15) is 0 Å². The zero-order valence-electron chi connectivity index (χ0n) is 14.7. The van der Waals surface area contributed by atoms with Crippen molar-refractivity contribution in [1.29, 1.82) is 0 Å². The van der Waals surface area contributed by atoms with Crippen molar-refractivity contribution in [2.24, 2.45) is 0 Å². The number of alkyl halides is 1. The highest BCUT2D eigenvalue weighted by Crippen LogP contribution is 2.33. The van der Waals surface area contributed by atoms with Gasteiger partial charge in [0.25, 0.3) is 0 Å². The molecule has 1 rings (SSSR count). The van der Waals surface area contributed by atoms with E-state index in [1.165, 1.54) is 32.6 Å². The smallest absolute Gasteiger partial charge is 0.308 e. The van der Waals surface area contributed by atoms with Gasteiger partial charge in [-0.05, 0) is 47.0 Å². The molecule has 0 radical (unpaired) electrons. The Bertz CT molecular complexity index is 570. The number of hydrogen-bond donors (Lipinski definition) is 0. The van der Waals surface area contributed by atoms with E-state index >= 15 is 0 Å². The van der Waals surface area contributed by atoms with Crippen LogP contribution in [0.1, 0.15) is 74.7 Å². The third-order valence-corrected chi connectivity index (χ3v) is 5.26. The average Bonchev–Trinajstić information content (AvgIpc) is 2.51. The van der Waals surface area contributed by atoms with E-state index in [0.29, 0.717) is 15.8 Å². The number of ketones is 1. The van der Waals surface area contributed by atoms with Crippen molar-refractivity contribution in [3.63, 3.8) is 0 Å². The van der Waals surface area contributed by atoms with Gasteiger partial charge in [0, 0.05) is 6.92 Å². The summed E-state index contributed by atoms with van der Waals surface area (Å²) in [7, 11) is 0. The second-order valence-corrected chi connectivity index (χ2v) is 8.06. The molecule has 0 amide bonds. The lowest BCUT2D eigenvalue weighted by Gasteiger charge is -2.14. The van der Waals surface area contributed by atoms with Gasteiger partial charge < -0.3 is 4.74 Å². The number of carbonyl (C=O) groups excluding carboxylic acids is 2. The molecule has 0 spiro atoms. The van der Waals surface area contributed by atoms with E-state index in [9.17, 15) is 9.59 Å². The van der Waals surface area contributed by atoms with Crippen LogP contribution in [0.5, 0.6) is 5.75 Å². The van der Waals surface area contributed by atoms with Crippen LogP contribution in [0, 0.1) is 6.92 Å². The molecule has 1 atom stereocenters. The number of hydrogen-bond acceptors (Lipinski definition) is 3. The van der Waals surface area contributed by atoms with Gasteiger partial charge in [0.15, 0.2) is 11.5 Å². The molecule has 0 saturated heterocycles. The van der Waals surface area contributed by atoms with E-state index in [2.05, 4.69) is 38.8 Å². The van der Waals surface area contributed by atoms with Crippen LogP contribution < -0.4 is 4.74 Å². The van der Waals surface area contributed by atoms with Gasteiger partial charge in [-0.2, -0.15) is 0 Å². The van der Waals surface area contributed by atoms with Crippen molar-refractivity contribution in [2.45, 2.75) is 70.5 Å². The maximum Gasteiger partial charge on any atom is 0.308 e. The van der Waals surface area contributed by atoms with Crippen molar-refractivity contribution in [1.82, 2.24) is 0 Å². The van der Waals surface area contributed by atoms with Gasteiger partial charge in [-0.15, -0.1) is 0 Å². The summed E-state index contributed by atoms with van der Waals surface area (Å²) < 4.78 is 5.87. The molecule has 0 heterocycles. The molecule has 0 bridgehead atoms. The van der Waals surface area contributed by atoms with Gasteiger partial charge >= 0.3 is 5.97 Å². The molecule has 0 aliphatic carbocycles. The summed E-state index contributed by atoms with van der Waals surface area (Å²) in [5.74, 6) is -0.162. The predicted octanol–water partition coefficient (Wildman–Crippen LogP) is 6.38. The highest BCUT2D eigenvalue weighted by molar-refractivity contribution is 9.10. The monoisotopic (exact) mass is 460 g/mol. The molecule has 5 heteroatoms. The standard InChI is InChI=1S/C19H26Br2O3/c1-4-5-6-7-8-9-10-16(20)18(23)15-11-13(2)12-17(21)19(15)24-14(3)22/h11-12,16H,4-10H2,1-3H3/t16-/m0/s1. The van der Waals surface area contributed by atoms with E-state index < -0.39 is 5.97 Å². The summed E-state index contributed by atoms with van der Waals surface area (Å²) >= 11 is 6.89. The summed E-state index contributed by atoms with van der Waals surface area (Å²) in [4.78, 5) is 23.8. The topological polar surface area (TPSA) is 43.4 Å². The average molecular weight is 462 g/mol. The Kier molecular flexibility index (Phi) is 9.82. The molecule has 24 heavy (non-hydrogen) atoms. The number of carbonyl (C=O) groups is 2. The van der Waals surface area contributed by atoms with Crippen LogP contribution in [0.4, 0.5) is 0 Å². The number of unbranched alkanes of at least 4 members (excludes halogenated alkanes) is 5. The number of ether oxygens (including phenoxy) is 1. The Labute approximate surface area is 161 Å². The van der Waals surface area contributed by atoms with E-state index in [1.807, 2.05) is 13.0 Å². The van der Waals surface area contributed by atoms with Crippen molar-refractivity contribution >= 4 is 43.6 Å². The maximum absolute atomic E-state index is 12.8. The first-order valence-corrected chi connectivity index (χ1v) is 10.2. The first kappa shape index (κ1) is 21.4. The maximum atomic E-state index is 12.8. The Hall–Kier alpha value is -0.680. The number of aryl methyl sites for hydroxylation is 1. The lowest BCUT2D eigenvalue weighted by Crippen LogP contribution is -2.17. The number of halogens is 2. The highest BCUT2D eigenvalue weighted by Gasteiger charge is 2.23. The minimum absolute atomic E-state index is 0.0378. The summed E-state index contributed by atoms with van der Waals surface area (Å²) in [6, 6.07) is 3.62. The van der Waals surface area contributed by atoms with Crippen LogP contribution in [-0.2, 0) is 4.79 Å². The fourth-order valence-corrected chi connectivity index (χ4v) is 3.79. The highest BCUT2D eigenvalue weighted by atomic mass is 79.9. The number of esters is 1. The van der Waals surface area contributed by atoms with Crippen molar-refractivity contribution in [2.75, 3.05) is 0 Å². The fraction of sp³-hybridized carbons (Fsp3) is 0.579. The second-order valence-electron chi connectivity index (χ2n) is 6.11. The summed E-state index contributed by atoms with van der Waals surface area (Å²) in [5.41, 5.74) is 1.39. The van der Waals surface area contributed by atoms with Gasteiger partial charge in [-0.1, -0.05) is 61.4 Å². The molecule has 0 unspecified atom stereocenters. The molecule has 0 aromatic heterocycles. The van der Waals surface area contributed by atoms with Crippen LogP contribution in [0.15, 0.2) is 16.6 Å². The Balaban J connectivity index is 2.73. The van der Waals surface area contributed by atoms with Gasteiger partial charge in [-0.25, -0.2) is 0 Å². The van der Waals surface area contributed by atoms with Crippen LogP contribution in [-0.4, -0.2) is 16.6 Å². The van der Waals surface area contributed by atoms with Crippen molar-refractivity contribution in [3.8, 4) is 5.75 Å². The molecule has 0 aliphatic heterocycles. The van der Waals surface area contributed by atoms with Crippen LogP contribution in [0.25, 0.3) is 0 Å². The third-order valence-electron chi connectivity index (χ3n) is 3.79. The zero-order valence-corrected chi connectivity index (χ0v) is 17.8. The van der Waals surface area contributed by atoms with Crippen molar-refractivity contribution < 1.29 is 14.3 Å². The molecule has 0 N–H and O–H groups in total. The normalized spacial score (nSPS) is 12.0. The number of Topliss-reactive ketones (excluding diaryl/α,β-unsaturated/α-hetero) is 1. The lowest BCUT2D eigenvalue weighted by atomic mass is 10.0. The van der Waals surface area contributed by atoms with E-state index in [-0.39, 0.29) is 10.6 Å². The molecule has 134 valence electrons. The third kappa shape index (κ3) is 7.06. The summed E-state index contributed by atoms with van der Waals surface area (Å²) in [6.07, 6.45) is 7.94. The number of benzene rings is 1. The van der Waals surface area contributed by atoms with E-state index in [0.717, 1.165) is 24.8 Å². The first-order chi connectivity index (χ1) is 11.4. The molecule has 3 nitrogen and oxygen atoms in total. The second kappa shape index (κ2) is 11.0. The molecule has 0 aliphatic rings. The van der Waals surface area contributed by atoms with Crippen LogP contribution in [0.3, 0.4) is 0 Å². The lowest BCUT2D eigenvalue weighted by molar-refractivity contribution is -0.131. The first-order valence-electron chi connectivity index (χ1n) is 8.53. The molecular weight excluding hydrogens is 436 g/mol. The molecule has 1 aromatic carbocycles. The Morgan fingerprint density at radius 3 is 2.38 bits per heavy atom. The zero-order chi connectivity index (χ0) is 18.1. The van der Waals surface area contributed by atoms with Crippen LogP contribution in [0.2, 0.25) is 0 Å². The summed E-state index contributed by atoms with van der Waals surface area (Å²) in [6.45, 7) is 5.45. The van der Waals surface area contributed by atoms with Crippen molar-refractivity contribution in [3.05, 3.63) is 27.7 Å². The molecule has 0 saturated carbocycles. The molecular formula is C19H26Br2O3. The quantitative estimate of drug-likeness (QED) is 0.133. The largest absolute Gasteiger partial charge is 0.425 e. The van der Waals surface area contributed by atoms with Gasteiger partial charge in [0.2, 0.25) is 0 Å². The predicted molar refractivity (Wildman–Crippen MR) is 105 cm³/mol. The van der Waals surface area contributed by atoms with Gasteiger partial charge in [0.05, 0.1) is 14.9 Å². The van der Waals surface area contributed by atoms with E-state index in [1.54, 1.807) is 6.07 Å². The SMILES string of the molecule is CCCCCCCC[C@H](Br)C(=O)c1cc(C)cc(Br)c1OC(C)=O. The molecule has 0 fully saturated rings. The minimum atomic E-state index is -0.435. The van der Waals surface area contributed by atoms with Gasteiger partial charge in [-0.3, -0.25) is 9.59 Å². The van der Waals surface area contributed by atoms with Crippen LogP contribution >= 0.6 is 31.9 Å². The minimum Gasteiger partial charge on any atom is -0.425 e.